The first kappa shape index (κ1) is 11.2. The predicted octanol–water partition coefficient (Wildman–Crippen LogP) is 0.639. The Hall–Kier alpha value is -0.780. The van der Waals surface area contributed by atoms with E-state index in [0.29, 0.717) is 0 Å². The van der Waals surface area contributed by atoms with Crippen molar-refractivity contribution in [2.75, 3.05) is 7.05 Å². The average molecular weight is 190 g/mol. The SMILES string of the molecule is CN.O=S([O-])c1cccc(F)c1. The van der Waals surface area contributed by atoms with Gasteiger partial charge in [0.05, 0.1) is 0 Å². The minimum atomic E-state index is -2.33. The quantitative estimate of drug-likeness (QED) is 0.661. The molecule has 0 spiro atoms. The van der Waals surface area contributed by atoms with Crippen LogP contribution in [0, 0.1) is 5.82 Å². The Morgan fingerprint density at radius 3 is 2.42 bits per heavy atom. The highest BCUT2D eigenvalue weighted by Crippen LogP contribution is 2.05. The molecule has 12 heavy (non-hydrogen) atoms. The van der Waals surface area contributed by atoms with E-state index in [2.05, 4.69) is 5.73 Å². The molecule has 2 N–H and O–H groups in total. The van der Waals surface area contributed by atoms with Crippen molar-refractivity contribution >= 4 is 11.1 Å². The predicted molar refractivity (Wildman–Crippen MR) is 43.7 cm³/mol. The molecule has 3 nitrogen and oxygen atoms in total. The van der Waals surface area contributed by atoms with Crippen molar-refractivity contribution in [3.63, 3.8) is 0 Å². The van der Waals surface area contributed by atoms with Gasteiger partial charge in [0.2, 0.25) is 0 Å². The molecule has 1 atom stereocenters. The highest BCUT2D eigenvalue weighted by molar-refractivity contribution is 7.79. The van der Waals surface area contributed by atoms with E-state index in [-0.39, 0.29) is 4.90 Å². The number of halogens is 1. The average Bonchev–Trinajstić information content (AvgIpc) is 2.08. The summed E-state index contributed by atoms with van der Waals surface area (Å²) in [5.41, 5.74) is 4.50. The van der Waals surface area contributed by atoms with Crippen molar-refractivity contribution in [1.82, 2.24) is 0 Å². The van der Waals surface area contributed by atoms with Crippen LogP contribution in [0.25, 0.3) is 0 Å². The van der Waals surface area contributed by atoms with Gasteiger partial charge < -0.3 is 10.3 Å². The zero-order valence-corrected chi connectivity index (χ0v) is 7.31. The summed E-state index contributed by atoms with van der Waals surface area (Å²) in [7, 11) is 1.50. The fourth-order valence-corrected chi connectivity index (χ4v) is 0.969. The molecule has 0 fully saturated rings. The van der Waals surface area contributed by atoms with E-state index in [0.717, 1.165) is 6.07 Å². The second-order valence-electron chi connectivity index (χ2n) is 1.69. The van der Waals surface area contributed by atoms with Gasteiger partial charge in [-0.25, -0.2) is 4.39 Å². The van der Waals surface area contributed by atoms with Crippen LogP contribution >= 0.6 is 0 Å². The number of hydrogen-bond donors (Lipinski definition) is 1. The van der Waals surface area contributed by atoms with Crippen molar-refractivity contribution < 1.29 is 13.2 Å². The molecular formula is C7H9FNO2S-. The lowest BCUT2D eigenvalue weighted by Crippen LogP contribution is -1.88. The Morgan fingerprint density at radius 1 is 1.50 bits per heavy atom. The van der Waals surface area contributed by atoms with Crippen LogP contribution in [-0.2, 0) is 11.1 Å². The summed E-state index contributed by atoms with van der Waals surface area (Å²) < 4.78 is 32.6. The van der Waals surface area contributed by atoms with Gasteiger partial charge in [-0.15, -0.1) is 0 Å². The van der Waals surface area contributed by atoms with Crippen molar-refractivity contribution in [2.45, 2.75) is 4.90 Å². The molecule has 0 saturated heterocycles. The molecule has 0 radical (unpaired) electrons. The van der Waals surface area contributed by atoms with Gasteiger partial charge in [0, 0.05) is 4.90 Å². The lowest BCUT2D eigenvalue weighted by Gasteiger charge is -2.02. The molecule has 0 aliphatic rings. The second-order valence-corrected chi connectivity index (χ2v) is 2.63. The number of benzene rings is 1. The molecule has 1 aromatic carbocycles. The molecule has 1 unspecified atom stereocenters. The molecule has 68 valence electrons. The van der Waals surface area contributed by atoms with Crippen molar-refractivity contribution in [1.29, 1.82) is 0 Å². The molecular weight excluding hydrogens is 181 g/mol. The minimum absolute atomic E-state index is 0.0278. The zero-order chi connectivity index (χ0) is 9.56. The van der Waals surface area contributed by atoms with Crippen LogP contribution in [0.1, 0.15) is 0 Å². The summed E-state index contributed by atoms with van der Waals surface area (Å²) in [5.74, 6) is -0.540. The van der Waals surface area contributed by atoms with Crippen LogP contribution in [0.15, 0.2) is 29.2 Å². The molecule has 0 saturated carbocycles. The molecule has 0 amide bonds. The Kier molecular flexibility index (Phi) is 5.44. The molecule has 0 aromatic heterocycles. The van der Waals surface area contributed by atoms with E-state index < -0.39 is 16.9 Å². The van der Waals surface area contributed by atoms with Crippen LogP contribution in [0.4, 0.5) is 4.39 Å². The first-order chi connectivity index (χ1) is 5.70. The normalized spacial score (nSPS) is 11.3. The summed E-state index contributed by atoms with van der Waals surface area (Å²) in [6.45, 7) is 0. The third-order valence-electron chi connectivity index (χ3n) is 0.989. The minimum Gasteiger partial charge on any atom is -0.768 e. The monoisotopic (exact) mass is 190 g/mol. The van der Waals surface area contributed by atoms with E-state index in [1.807, 2.05) is 0 Å². The van der Waals surface area contributed by atoms with E-state index in [1.54, 1.807) is 0 Å². The van der Waals surface area contributed by atoms with Gasteiger partial charge in [0.15, 0.2) is 0 Å². The summed E-state index contributed by atoms with van der Waals surface area (Å²) in [6, 6.07) is 4.83. The molecule has 0 aliphatic carbocycles. The fourth-order valence-electron chi connectivity index (χ4n) is 0.571. The Morgan fingerprint density at radius 2 is 2.08 bits per heavy atom. The summed E-state index contributed by atoms with van der Waals surface area (Å²) >= 11 is -2.33. The fraction of sp³-hybridized carbons (Fsp3) is 0.143. The van der Waals surface area contributed by atoms with E-state index in [4.69, 9.17) is 0 Å². The van der Waals surface area contributed by atoms with Crippen LogP contribution in [0.5, 0.6) is 0 Å². The standard InChI is InChI=1S/C6H5FO2S.CH5N/c7-5-2-1-3-6(4-5)10(8)9;1-2/h1-4H,(H,8,9);2H2,1H3/p-1. The Balaban J connectivity index is 0.000000561. The molecule has 0 bridgehead atoms. The third kappa shape index (κ3) is 3.56. The molecule has 0 heterocycles. The highest BCUT2D eigenvalue weighted by atomic mass is 32.2. The maximum atomic E-state index is 12.3. The maximum Gasteiger partial charge on any atom is 0.124 e. The number of hydrogen-bond acceptors (Lipinski definition) is 3. The smallest absolute Gasteiger partial charge is 0.124 e. The maximum absolute atomic E-state index is 12.3. The molecule has 5 heteroatoms. The topological polar surface area (TPSA) is 66.2 Å². The first-order valence-electron chi connectivity index (χ1n) is 3.13. The highest BCUT2D eigenvalue weighted by Gasteiger charge is 1.92. The van der Waals surface area contributed by atoms with E-state index in [1.165, 1.54) is 25.2 Å². The van der Waals surface area contributed by atoms with Crippen LogP contribution in [-0.4, -0.2) is 15.8 Å². The number of rotatable bonds is 1. The summed E-state index contributed by atoms with van der Waals surface area (Å²) in [5, 5.41) is 0. The molecule has 1 aromatic rings. The van der Waals surface area contributed by atoms with Gasteiger partial charge in [-0.3, -0.25) is 4.21 Å². The second kappa shape index (κ2) is 5.82. The van der Waals surface area contributed by atoms with E-state index in [9.17, 15) is 13.2 Å². The largest absolute Gasteiger partial charge is 0.768 e. The van der Waals surface area contributed by atoms with Crippen molar-refractivity contribution in [2.24, 2.45) is 5.73 Å². The van der Waals surface area contributed by atoms with Crippen LogP contribution < -0.4 is 5.73 Å². The Bertz CT molecular complexity index is 267. The lowest BCUT2D eigenvalue weighted by atomic mass is 10.4. The van der Waals surface area contributed by atoms with Crippen LogP contribution in [0.3, 0.4) is 0 Å². The zero-order valence-electron chi connectivity index (χ0n) is 6.49. The third-order valence-corrected chi connectivity index (χ3v) is 1.63. The lowest BCUT2D eigenvalue weighted by molar-refractivity contribution is 0.535. The Labute approximate surface area is 72.7 Å². The van der Waals surface area contributed by atoms with Gasteiger partial charge >= 0.3 is 0 Å². The van der Waals surface area contributed by atoms with E-state index >= 15 is 0 Å². The van der Waals surface area contributed by atoms with Gasteiger partial charge in [-0.2, -0.15) is 0 Å². The molecule has 1 rings (SSSR count). The summed E-state index contributed by atoms with van der Waals surface area (Å²) in [6.07, 6.45) is 0. The number of nitrogens with two attached hydrogens (primary N) is 1. The first-order valence-corrected chi connectivity index (χ1v) is 4.20. The van der Waals surface area contributed by atoms with Crippen molar-refractivity contribution in [3.8, 4) is 0 Å². The van der Waals surface area contributed by atoms with Gasteiger partial charge in [0.25, 0.3) is 0 Å². The van der Waals surface area contributed by atoms with Gasteiger partial charge in [-0.05, 0) is 36.3 Å². The molecule has 0 aliphatic heterocycles. The summed E-state index contributed by atoms with van der Waals surface area (Å²) in [4.78, 5) is -0.0278. The van der Waals surface area contributed by atoms with Crippen LogP contribution in [0.2, 0.25) is 0 Å². The van der Waals surface area contributed by atoms with Gasteiger partial charge in [-0.1, -0.05) is 6.07 Å². The van der Waals surface area contributed by atoms with Crippen molar-refractivity contribution in [3.05, 3.63) is 30.1 Å². The van der Waals surface area contributed by atoms with Gasteiger partial charge in [0.1, 0.15) is 5.82 Å².